The van der Waals surface area contributed by atoms with Crippen molar-refractivity contribution in [2.75, 3.05) is 17.5 Å². The lowest BCUT2D eigenvalue weighted by molar-refractivity contribution is 0.557. The second-order valence-corrected chi connectivity index (χ2v) is 5.10. The molecule has 1 N–H and O–H groups in total. The summed E-state index contributed by atoms with van der Waals surface area (Å²) in [5.41, 5.74) is 0. The normalized spacial score (nSPS) is 10.9. The van der Waals surface area contributed by atoms with E-state index >= 15 is 0 Å². The first-order valence-electron chi connectivity index (χ1n) is 6.09. The van der Waals surface area contributed by atoms with Gasteiger partial charge >= 0.3 is 0 Å². The fraction of sp³-hybridized carbons (Fsp3) is 0.750. The SMILES string of the molecule is Cc1nccn1CCNCCCCCCI. The van der Waals surface area contributed by atoms with Crippen molar-refractivity contribution in [3.8, 4) is 0 Å². The molecule has 0 bridgehead atoms. The van der Waals surface area contributed by atoms with E-state index in [0.717, 1.165) is 25.5 Å². The van der Waals surface area contributed by atoms with E-state index in [4.69, 9.17) is 0 Å². The van der Waals surface area contributed by atoms with Crippen molar-refractivity contribution in [3.63, 3.8) is 0 Å². The number of hydrogen-bond donors (Lipinski definition) is 1. The number of rotatable bonds is 9. The number of halogens is 1. The van der Waals surface area contributed by atoms with E-state index in [1.54, 1.807) is 0 Å². The van der Waals surface area contributed by atoms with Crippen LogP contribution in [0.2, 0.25) is 0 Å². The minimum absolute atomic E-state index is 1.03. The number of nitrogens with one attached hydrogen (secondary N) is 1. The summed E-state index contributed by atoms with van der Waals surface area (Å²) in [6, 6.07) is 0. The molecule has 4 heteroatoms. The van der Waals surface area contributed by atoms with Crippen LogP contribution in [0.3, 0.4) is 0 Å². The highest BCUT2D eigenvalue weighted by Gasteiger charge is 1.95. The quantitative estimate of drug-likeness (QED) is 0.427. The lowest BCUT2D eigenvalue weighted by Crippen LogP contribution is -2.21. The Kier molecular flexibility index (Phi) is 7.84. The first kappa shape index (κ1) is 14.0. The molecule has 0 unspecified atom stereocenters. The van der Waals surface area contributed by atoms with E-state index in [1.165, 1.54) is 30.1 Å². The van der Waals surface area contributed by atoms with E-state index in [2.05, 4.69) is 37.5 Å². The summed E-state index contributed by atoms with van der Waals surface area (Å²) >= 11 is 2.45. The van der Waals surface area contributed by atoms with Crippen LogP contribution in [0.4, 0.5) is 0 Å². The summed E-state index contributed by atoms with van der Waals surface area (Å²) in [5.74, 6) is 1.10. The van der Waals surface area contributed by atoms with Gasteiger partial charge in [0.1, 0.15) is 5.82 Å². The fourth-order valence-electron chi connectivity index (χ4n) is 1.66. The summed E-state index contributed by atoms with van der Waals surface area (Å²) in [4.78, 5) is 4.20. The van der Waals surface area contributed by atoms with Crippen LogP contribution in [0.1, 0.15) is 31.5 Å². The lowest BCUT2D eigenvalue weighted by atomic mass is 10.2. The van der Waals surface area contributed by atoms with Crippen molar-refractivity contribution in [2.24, 2.45) is 0 Å². The number of nitrogens with zero attached hydrogens (tertiary/aromatic N) is 2. The Labute approximate surface area is 112 Å². The molecule has 1 aromatic rings. The van der Waals surface area contributed by atoms with Crippen LogP contribution < -0.4 is 5.32 Å². The summed E-state index contributed by atoms with van der Waals surface area (Å²) in [7, 11) is 0. The second kappa shape index (κ2) is 8.98. The molecule has 1 rings (SSSR count). The molecule has 1 heterocycles. The third kappa shape index (κ3) is 5.84. The third-order valence-corrected chi connectivity index (χ3v) is 3.45. The molecule has 3 nitrogen and oxygen atoms in total. The van der Waals surface area contributed by atoms with Crippen molar-refractivity contribution < 1.29 is 0 Å². The van der Waals surface area contributed by atoms with Gasteiger partial charge in [0.2, 0.25) is 0 Å². The summed E-state index contributed by atoms with van der Waals surface area (Å²) in [5, 5.41) is 3.48. The van der Waals surface area contributed by atoms with Crippen LogP contribution in [0.15, 0.2) is 12.4 Å². The van der Waals surface area contributed by atoms with Gasteiger partial charge in [0.05, 0.1) is 0 Å². The van der Waals surface area contributed by atoms with Gasteiger partial charge in [-0.2, -0.15) is 0 Å². The maximum Gasteiger partial charge on any atom is 0.105 e. The molecule has 0 aliphatic heterocycles. The molecule has 0 atom stereocenters. The number of imidazole rings is 1. The Balaban J connectivity index is 1.91. The van der Waals surface area contributed by atoms with Crippen LogP contribution in [-0.2, 0) is 6.54 Å². The molecule has 0 aliphatic carbocycles. The van der Waals surface area contributed by atoms with Gasteiger partial charge in [-0.3, -0.25) is 0 Å². The highest BCUT2D eigenvalue weighted by molar-refractivity contribution is 14.1. The van der Waals surface area contributed by atoms with E-state index < -0.39 is 0 Å². The van der Waals surface area contributed by atoms with Gasteiger partial charge in [0, 0.05) is 25.5 Å². The Morgan fingerprint density at radius 1 is 1.25 bits per heavy atom. The molecule has 0 aliphatic rings. The third-order valence-electron chi connectivity index (χ3n) is 2.69. The Hall–Kier alpha value is -0.100. The largest absolute Gasteiger partial charge is 0.334 e. The van der Waals surface area contributed by atoms with Gasteiger partial charge in [-0.15, -0.1) is 0 Å². The number of unbranched alkanes of at least 4 members (excludes halogenated alkanes) is 3. The summed E-state index contributed by atoms with van der Waals surface area (Å²) in [6.07, 6.45) is 9.32. The van der Waals surface area contributed by atoms with Crippen molar-refractivity contribution in [1.29, 1.82) is 0 Å². The molecule has 16 heavy (non-hydrogen) atoms. The van der Waals surface area contributed by atoms with Crippen molar-refractivity contribution in [1.82, 2.24) is 14.9 Å². The average molecular weight is 335 g/mol. The smallest absolute Gasteiger partial charge is 0.105 e. The number of aryl methyl sites for hydroxylation is 1. The van der Waals surface area contributed by atoms with Gasteiger partial charge in [0.15, 0.2) is 0 Å². The number of aromatic nitrogens is 2. The van der Waals surface area contributed by atoms with Gasteiger partial charge in [-0.05, 0) is 30.7 Å². The zero-order valence-electron chi connectivity index (χ0n) is 10.1. The molecule has 0 radical (unpaired) electrons. The van der Waals surface area contributed by atoms with Crippen LogP contribution in [-0.4, -0.2) is 27.1 Å². The number of alkyl halides is 1. The molecular weight excluding hydrogens is 313 g/mol. The molecule has 0 amide bonds. The van der Waals surface area contributed by atoms with E-state index in [-0.39, 0.29) is 0 Å². The topological polar surface area (TPSA) is 29.9 Å². The van der Waals surface area contributed by atoms with Gasteiger partial charge in [-0.1, -0.05) is 35.4 Å². The Morgan fingerprint density at radius 3 is 2.75 bits per heavy atom. The predicted molar refractivity (Wildman–Crippen MR) is 77.2 cm³/mol. The molecule has 1 aromatic heterocycles. The highest BCUT2D eigenvalue weighted by atomic mass is 127. The molecule has 0 fully saturated rings. The molecule has 92 valence electrons. The van der Waals surface area contributed by atoms with Gasteiger partial charge in [-0.25, -0.2) is 4.98 Å². The van der Waals surface area contributed by atoms with Crippen LogP contribution in [0.5, 0.6) is 0 Å². The maximum absolute atomic E-state index is 4.20. The van der Waals surface area contributed by atoms with E-state index in [0.29, 0.717) is 0 Å². The maximum atomic E-state index is 4.20. The van der Waals surface area contributed by atoms with Gasteiger partial charge in [0.25, 0.3) is 0 Å². The molecule has 0 saturated carbocycles. The predicted octanol–water partition coefficient (Wildman–Crippen LogP) is 2.78. The second-order valence-electron chi connectivity index (χ2n) is 4.02. The Morgan fingerprint density at radius 2 is 2.06 bits per heavy atom. The van der Waals surface area contributed by atoms with Crippen LogP contribution in [0.25, 0.3) is 0 Å². The molecule has 0 aromatic carbocycles. The Bertz CT molecular complexity index is 273. The zero-order chi connectivity index (χ0) is 11.6. The van der Waals surface area contributed by atoms with Gasteiger partial charge < -0.3 is 9.88 Å². The van der Waals surface area contributed by atoms with Crippen molar-refractivity contribution >= 4 is 22.6 Å². The fourth-order valence-corrected chi connectivity index (χ4v) is 2.20. The minimum Gasteiger partial charge on any atom is -0.334 e. The van der Waals surface area contributed by atoms with E-state index in [1.807, 2.05) is 19.3 Å². The first-order valence-corrected chi connectivity index (χ1v) is 7.61. The molecular formula is C12H22IN3. The molecule has 0 saturated heterocycles. The molecule has 0 spiro atoms. The van der Waals surface area contributed by atoms with Crippen molar-refractivity contribution in [3.05, 3.63) is 18.2 Å². The monoisotopic (exact) mass is 335 g/mol. The standard InChI is InChI=1S/C12H22IN3/c1-12-15-9-11-16(12)10-8-14-7-5-3-2-4-6-13/h9,11,14H,2-8,10H2,1H3. The zero-order valence-corrected chi connectivity index (χ0v) is 12.2. The number of hydrogen-bond acceptors (Lipinski definition) is 2. The average Bonchev–Trinajstić information content (AvgIpc) is 2.68. The first-order chi connectivity index (χ1) is 7.84. The summed E-state index contributed by atoms with van der Waals surface area (Å²) < 4.78 is 3.48. The van der Waals surface area contributed by atoms with E-state index in [9.17, 15) is 0 Å². The lowest BCUT2D eigenvalue weighted by Gasteiger charge is -2.06. The highest BCUT2D eigenvalue weighted by Crippen LogP contribution is 2.01. The van der Waals surface area contributed by atoms with Crippen LogP contribution >= 0.6 is 22.6 Å². The van der Waals surface area contributed by atoms with Crippen molar-refractivity contribution in [2.45, 2.75) is 39.2 Å². The van der Waals surface area contributed by atoms with Crippen LogP contribution in [0, 0.1) is 6.92 Å². The summed E-state index contributed by atoms with van der Waals surface area (Å²) in [6.45, 7) is 5.27. The minimum atomic E-state index is 1.03.